The molecule has 0 fully saturated rings. The van der Waals surface area contributed by atoms with Gasteiger partial charge in [-0.2, -0.15) is 30.7 Å². The molecular weight excluding hydrogens is 373 g/mol. The molecule has 0 heterocycles. The van der Waals surface area contributed by atoms with Crippen LogP contribution >= 0.6 is 0 Å². The molecule has 0 aliphatic heterocycles. The summed E-state index contributed by atoms with van der Waals surface area (Å²) in [5.74, 6) is -15.8. The normalized spacial score (nSPS) is 14.2. The molecule has 1 rings (SSSR count). The maximum atomic E-state index is 13.2. The van der Waals surface area contributed by atoms with Gasteiger partial charge >= 0.3 is 24.0 Å². The van der Waals surface area contributed by atoms with Crippen molar-refractivity contribution in [3.05, 3.63) is 35.9 Å². The highest BCUT2D eigenvalue weighted by molar-refractivity contribution is 5.79. The fourth-order valence-corrected chi connectivity index (χ4v) is 2.15. The molecule has 0 aliphatic carbocycles. The van der Waals surface area contributed by atoms with Crippen molar-refractivity contribution < 1.29 is 45.0 Å². The second kappa shape index (κ2) is 8.70. The van der Waals surface area contributed by atoms with Crippen LogP contribution in [-0.4, -0.2) is 44.3 Å². The van der Waals surface area contributed by atoms with Crippen LogP contribution in [0, 0.1) is 0 Å². The van der Waals surface area contributed by atoms with Crippen molar-refractivity contribution in [1.29, 1.82) is 0 Å². The molecule has 0 radical (unpaired) electrons. The molecule has 148 valence electrons. The molecule has 0 N–H and O–H groups in total. The monoisotopic (exact) mass is 390 g/mol. The summed E-state index contributed by atoms with van der Waals surface area (Å²) in [4.78, 5) is 11.1. The number of carbonyl (C=O) groups is 1. The van der Waals surface area contributed by atoms with Crippen LogP contribution in [0.25, 0.3) is 0 Å². The van der Waals surface area contributed by atoms with Gasteiger partial charge in [-0.15, -0.1) is 0 Å². The van der Waals surface area contributed by atoms with E-state index in [2.05, 4.69) is 4.74 Å². The van der Waals surface area contributed by atoms with E-state index in [1.165, 1.54) is 7.11 Å². The Morgan fingerprint density at radius 1 is 0.962 bits per heavy atom. The lowest BCUT2D eigenvalue weighted by atomic mass is 9.93. The fourth-order valence-electron chi connectivity index (χ4n) is 2.15. The van der Waals surface area contributed by atoms with Gasteiger partial charge in [0.15, 0.2) is 0 Å². The summed E-state index contributed by atoms with van der Waals surface area (Å²) in [6.45, 7) is -0.457. The molecule has 1 aromatic carbocycles. The topological polar surface area (TPSA) is 35.5 Å². The molecule has 10 heteroatoms. The molecule has 0 amide bonds. The third kappa shape index (κ3) is 5.09. The lowest BCUT2D eigenvalue weighted by molar-refractivity contribution is -0.348. The molecule has 3 nitrogen and oxygen atoms in total. The average molecular weight is 390 g/mol. The number of hydrogen-bond donors (Lipinski definition) is 0. The van der Waals surface area contributed by atoms with E-state index in [-0.39, 0.29) is 18.9 Å². The first-order valence-electron chi connectivity index (χ1n) is 7.48. The minimum Gasteiger partial charge on any atom is -0.461 e. The number of benzene rings is 1. The molecule has 0 aliphatic rings. The van der Waals surface area contributed by atoms with Crippen molar-refractivity contribution in [1.82, 2.24) is 0 Å². The highest BCUT2D eigenvalue weighted by Crippen LogP contribution is 2.47. The Bertz CT molecular complexity index is 573. The van der Waals surface area contributed by atoms with Crippen LogP contribution in [0.5, 0.6) is 0 Å². The third-order valence-corrected chi connectivity index (χ3v) is 3.65. The van der Waals surface area contributed by atoms with Gasteiger partial charge in [0.05, 0.1) is 6.61 Å². The summed E-state index contributed by atoms with van der Waals surface area (Å²) in [5, 5.41) is 0. The molecule has 0 aromatic heterocycles. The van der Waals surface area contributed by atoms with Gasteiger partial charge in [0.2, 0.25) is 0 Å². The Labute approximate surface area is 145 Å². The summed E-state index contributed by atoms with van der Waals surface area (Å²) in [6, 6.07) is 8.58. The lowest BCUT2D eigenvalue weighted by Crippen LogP contribution is -2.56. The van der Waals surface area contributed by atoms with Crippen molar-refractivity contribution >= 4 is 5.97 Å². The summed E-state index contributed by atoms with van der Waals surface area (Å²) >= 11 is 0. The van der Waals surface area contributed by atoms with Crippen molar-refractivity contribution in [3.8, 4) is 0 Å². The number of carbonyl (C=O) groups excluding carboxylic acids is 1. The van der Waals surface area contributed by atoms with Crippen molar-refractivity contribution in [3.63, 3.8) is 0 Å². The first-order valence-corrected chi connectivity index (χ1v) is 7.48. The molecule has 0 saturated heterocycles. The molecule has 1 aromatic rings. The summed E-state index contributed by atoms with van der Waals surface area (Å²) in [5.41, 5.74) is 0.757. The predicted molar refractivity (Wildman–Crippen MR) is 77.2 cm³/mol. The van der Waals surface area contributed by atoms with E-state index in [1.54, 1.807) is 30.3 Å². The van der Waals surface area contributed by atoms with E-state index in [4.69, 9.17) is 4.74 Å². The van der Waals surface area contributed by atoms with Gasteiger partial charge in [-0.1, -0.05) is 30.3 Å². The number of alkyl halides is 7. The van der Waals surface area contributed by atoms with Crippen LogP contribution in [0.15, 0.2) is 30.3 Å². The maximum absolute atomic E-state index is 13.2. The second-order valence-electron chi connectivity index (χ2n) is 5.46. The first-order chi connectivity index (χ1) is 11.9. The number of esters is 1. The largest absolute Gasteiger partial charge is 0.461 e. The SMILES string of the molecule is COCCC(CCOC(=O)C(F)(F)C(F)(F)C(F)(F)F)c1ccccc1. The van der Waals surface area contributed by atoms with Crippen molar-refractivity contribution in [2.45, 2.75) is 36.8 Å². The standard InChI is InChI=1S/C16H17F7O3/c1-25-9-7-12(11-5-3-2-4-6-11)8-10-26-13(24)14(17,18)15(19,20)16(21,22)23/h2-6,12H,7-10H2,1H3. The van der Waals surface area contributed by atoms with E-state index in [1.807, 2.05) is 0 Å². The second-order valence-corrected chi connectivity index (χ2v) is 5.46. The van der Waals surface area contributed by atoms with Gasteiger partial charge in [-0.05, 0) is 24.3 Å². The van der Waals surface area contributed by atoms with Crippen LogP contribution in [-0.2, 0) is 14.3 Å². The smallest absolute Gasteiger partial charge is 0.460 e. The zero-order valence-corrected chi connectivity index (χ0v) is 13.7. The summed E-state index contributed by atoms with van der Waals surface area (Å²) < 4.78 is 97.0. The van der Waals surface area contributed by atoms with E-state index in [9.17, 15) is 35.5 Å². The minimum atomic E-state index is -6.58. The van der Waals surface area contributed by atoms with Gasteiger partial charge in [0, 0.05) is 13.7 Å². The molecule has 26 heavy (non-hydrogen) atoms. The van der Waals surface area contributed by atoms with Crippen LogP contribution in [0.2, 0.25) is 0 Å². The van der Waals surface area contributed by atoms with Gasteiger partial charge < -0.3 is 9.47 Å². The Kier molecular flexibility index (Phi) is 7.43. The summed E-state index contributed by atoms with van der Waals surface area (Å²) in [6.07, 6.45) is -6.22. The number of rotatable bonds is 9. The van der Waals surface area contributed by atoms with Crippen LogP contribution in [0.1, 0.15) is 24.3 Å². The van der Waals surface area contributed by atoms with Crippen LogP contribution in [0.3, 0.4) is 0 Å². The van der Waals surface area contributed by atoms with E-state index in [0.717, 1.165) is 5.56 Å². The first kappa shape index (κ1) is 22.2. The quantitative estimate of drug-likeness (QED) is 0.458. The highest BCUT2D eigenvalue weighted by Gasteiger charge is 2.77. The molecular formula is C16H17F7O3. The van der Waals surface area contributed by atoms with E-state index < -0.39 is 30.6 Å². The average Bonchev–Trinajstić information content (AvgIpc) is 2.57. The number of halogens is 7. The van der Waals surface area contributed by atoms with Gasteiger partial charge in [0.1, 0.15) is 0 Å². The Hall–Kier alpha value is -1.84. The number of ether oxygens (including phenoxy) is 2. The van der Waals surface area contributed by atoms with Gasteiger partial charge in [-0.25, -0.2) is 4.79 Å². The highest BCUT2D eigenvalue weighted by atomic mass is 19.4. The van der Waals surface area contributed by atoms with E-state index >= 15 is 0 Å². The van der Waals surface area contributed by atoms with Gasteiger partial charge in [0.25, 0.3) is 0 Å². The third-order valence-electron chi connectivity index (χ3n) is 3.65. The minimum absolute atomic E-state index is 0.0488. The van der Waals surface area contributed by atoms with Gasteiger partial charge in [-0.3, -0.25) is 0 Å². The zero-order chi connectivity index (χ0) is 20.0. The predicted octanol–water partition coefficient (Wildman–Crippen LogP) is 4.57. The number of hydrogen-bond acceptors (Lipinski definition) is 3. The zero-order valence-electron chi connectivity index (χ0n) is 13.7. The Morgan fingerprint density at radius 2 is 1.50 bits per heavy atom. The Morgan fingerprint density at radius 3 is 2.00 bits per heavy atom. The molecule has 0 saturated carbocycles. The van der Waals surface area contributed by atoms with Crippen molar-refractivity contribution in [2.24, 2.45) is 0 Å². The van der Waals surface area contributed by atoms with Crippen molar-refractivity contribution in [2.75, 3.05) is 20.3 Å². The van der Waals surface area contributed by atoms with Crippen LogP contribution in [0.4, 0.5) is 30.7 Å². The maximum Gasteiger partial charge on any atom is 0.460 e. The lowest BCUT2D eigenvalue weighted by Gasteiger charge is -2.26. The molecule has 0 spiro atoms. The molecule has 0 bridgehead atoms. The van der Waals surface area contributed by atoms with E-state index in [0.29, 0.717) is 6.42 Å². The van der Waals surface area contributed by atoms with Crippen LogP contribution < -0.4 is 0 Å². The fraction of sp³-hybridized carbons (Fsp3) is 0.562. The molecule has 1 atom stereocenters. The Balaban J connectivity index is 2.73. The molecule has 1 unspecified atom stereocenters. The number of methoxy groups -OCH3 is 1. The summed E-state index contributed by atoms with van der Waals surface area (Å²) in [7, 11) is 1.43.